The van der Waals surface area contributed by atoms with Gasteiger partial charge in [-0.3, -0.25) is 0 Å². The van der Waals surface area contributed by atoms with Crippen LogP contribution in [0.3, 0.4) is 0 Å². The predicted molar refractivity (Wildman–Crippen MR) is 81.7 cm³/mol. The lowest BCUT2D eigenvalue weighted by Gasteiger charge is -2.24. The monoisotopic (exact) mass is 303 g/mol. The van der Waals surface area contributed by atoms with E-state index in [-0.39, 0.29) is 17.5 Å². The van der Waals surface area contributed by atoms with Gasteiger partial charge in [-0.15, -0.1) is 0 Å². The molecule has 0 spiro atoms. The molecule has 1 N–H and O–H groups in total. The second kappa shape index (κ2) is 5.69. The molecule has 4 heteroatoms. The first kappa shape index (κ1) is 15.0. The maximum Gasteiger partial charge on any atom is 0.172 e. The van der Waals surface area contributed by atoms with Crippen LogP contribution in [0.1, 0.15) is 24.0 Å². The van der Waals surface area contributed by atoms with Gasteiger partial charge >= 0.3 is 0 Å². The number of nitrogens with zero attached hydrogens (tertiary/aromatic N) is 1. The minimum Gasteiger partial charge on any atom is -0.505 e. The van der Waals surface area contributed by atoms with Gasteiger partial charge in [0.25, 0.3) is 0 Å². The van der Waals surface area contributed by atoms with Crippen molar-refractivity contribution in [3.63, 3.8) is 0 Å². The number of hydrogen-bond donors (Lipinski definition) is 1. The van der Waals surface area contributed by atoms with E-state index in [4.69, 9.17) is 0 Å². The fourth-order valence-electron chi connectivity index (χ4n) is 3.05. The minimum atomic E-state index is -0.864. The van der Waals surface area contributed by atoms with Crippen molar-refractivity contribution in [2.75, 3.05) is 13.6 Å². The fourth-order valence-corrected chi connectivity index (χ4v) is 3.05. The molecule has 2 nitrogen and oxygen atoms in total. The first-order valence-electron chi connectivity index (χ1n) is 7.42. The summed E-state index contributed by atoms with van der Waals surface area (Å²) in [6.45, 7) is 0.881. The summed E-state index contributed by atoms with van der Waals surface area (Å²) in [6, 6.07) is 12.4. The number of rotatable bonds is 5. The van der Waals surface area contributed by atoms with Crippen LogP contribution in [0.5, 0.6) is 5.75 Å². The molecule has 2 aromatic rings. The highest BCUT2D eigenvalue weighted by molar-refractivity contribution is 5.33. The second-order valence-corrected chi connectivity index (χ2v) is 6.18. The van der Waals surface area contributed by atoms with E-state index < -0.39 is 17.4 Å². The Balaban J connectivity index is 1.74. The number of benzene rings is 2. The highest BCUT2D eigenvalue weighted by Gasteiger charge is 2.44. The number of halogens is 2. The summed E-state index contributed by atoms with van der Waals surface area (Å²) in [6.07, 6.45) is 2.18. The second-order valence-electron chi connectivity index (χ2n) is 6.18. The van der Waals surface area contributed by atoms with Crippen molar-refractivity contribution >= 4 is 0 Å². The zero-order chi connectivity index (χ0) is 15.7. The SMILES string of the molecule is CN(Cc1c(F)ccc(O)c1F)CC1(c2ccccc2)CC1. The van der Waals surface area contributed by atoms with E-state index in [1.54, 1.807) is 0 Å². The zero-order valence-corrected chi connectivity index (χ0v) is 12.5. The van der Waals surface area contributed by atoms with Crippen molar-refractivity contribution in [2.45, 2.75) is 24.8 Å². The topological polar surface area (TPSA) is 23.5 Å². The Labute approximate surface area is 129 Å². The van der Waals surface area contributed by atoms with Crippen LogP contribution in [0.2, 0.25) is 0 Å². The van der Waals surface area contributed by atoms with Gasteiger partial charge in [0, 0.05) is 24.1 Å². The Morgan fingerprint density at radius 3 is 2.41 bits per heavy atom. The van der Waals surface area contributed by atoms with Crippen LogP contribution in [0.15, 0.2) is 42.5 Å². The van der Waals surface area contributed by atoms with Crippen molar-refractivity contribution in [3.05, 3.63) is 65.2 Å². The van der Waals surface area contributed by atoms with Crippen molar-refractivity contribution < 1.29 is 13.9 Å². The zero-order valence-electron chi connectivity index (χ0n) is 12.5. The van der Waals surface area contributed by atoms with E-state index in [2.05, 4.69) is 12.1 Å². The average molecular weight is 303 g/mol. The molecule has 0 atom stereocenters. The molecule has 0 radical (unpaired) electrons. The molecule has 1 saturated carbocycles. The predicted octanol–water partition coefficient (Wildman–Crippen LogP) is 3.83. The Morgan fingerprint density at radius 2 is 1.77 bits per heavy atom. The van der Waals surface area contributed by atoms with E-state index >= 15 is 0 Å². The lowest BCUT2D eigenvalue weighted by atomic mass is 9.95. The molecule has 0 heterocycles. The molecule has 0 bridgehead atoms. The molecule has 1 fully saturated rings. The Hall–Kier alpha value is -1.94. The third-order valence-electron chi connectivity index (χ3n) is 4.41. The lowest BCUT2D eigenvalue weighted by Crippen LogP contribution is -2.29. The van der Waals surface area contributed by atoms with E-state index in [1.807, 2.05) is 30.1 Å². The molecule has 0 unspecified atom stereocenters. The molecule has 0 saturated heterocycles. The molecular formula is C18H19F2NO. The normalized spacial score (nSPS) is 16.0. The number of hydrogen-bond acceptors (Lipinski definition) is 2. The summed E-state index contributed by atoms with van der Waals surface area (Å²) < 4.78 is 27.7. The van der Waals surface area contributed by atoms with Crippen molar-refractivity contribution in [1.29, 1.82) is 0 Å². The minimum absolute atomic E-state index is 0.0774. The summed E-state index contributed by atoms with van der Waals surface area (Å²) in [4.78, 5) is 1.92. The smallest absolute Gasteiger partial charge is 0.172 e. The van der Waals surface area contributed by atoms with Crippen molar-refractivity contribution in [1.82, 2.24) is 4.90 Å². The van der Waals surface area contributed by atoms with Crippen LogP contribution < -0.4 is 0 Å². The van der Waals surface area contributed by atoms with Gasteiger partial charge < -0.3 is 10.0 Å². The maximum absolute atomic E-state index is 13.9. The van der Waals surface area contributed by atoms with Gasteiger partial charge in [0.15, 0.2) is 11.6 Å². The van der Waals surface area contributed by atoms with Crippen molar-refractivity contribution in [2.24, 2.45) is 0 Å². The van der Waals surface area contributed by atoms with E-state index in [0.717, 1.165) is 31.5 Å². The Morgan fingerprint density at radius 1 is 1.09 bits per heavy atom. The first-order chi connectivity index (χ1) is 10.5. The summed E-state index contributed by atoms with van der Waals surface area (Å²) in [5.74, 6) is -1.99. The fraction of sp³-hybridized carbons (Fsp3) is 0.333. The van der Waals surface area contributed by atoms with Gasteiger partial charge in [-0.25, -0.2) is 8.78 Å². The molecule has 116 valence electrons. The average Bonchev–Trinajstić information content (AvgIpc) is 3.29. The van der Waals surface area contributed by atoms with Gasteiger partial charge in [0.2, 0.25) is 0 Å². The van der Waals surface area contributed by atoms with Crippen LogP contribution in [-0.4, -0.2) is 23.6 Å². The van der Waals surface area contributed by atoms with Gasteiger partial charge in [-0.2, -0.15) is 0 Å². The number of phenols is 1. The highest BCUT2D eigenvalue weighted by Crippen LogP contribution is 2.48. The quantitative estimate of drug-likeness (QED) is 0.907. The van der Waals surface area contributed by atoms with Crippen molar-refractivity contribution in [3.8, 4) is 5.75 Å². The molecule has 0 aliphatic heterocycles. The van der Waals surface area contributed by atoms with Gasteiger partial charge in [-0.05, 0) is 37.6 Å². The molecule has 1 aliphatic carbocycles. The number of likely N-dealkylation sites (N-methyl/N-ethyl adjacent to an activating group) is 1. The first-order valence-corrected chi connectivity index (χ1v) is 7.42. The largest absolute Gasteiger partial charge is 0.505 e. The molecule has 0 amide bonds. The van der Waals surface area contributed by atoms with Crippen LogP contribution in [0.25, 0.3) is 0 Å². The Kier molecular flexibility index (Phi) is 3.87. The lowest BCUT2D eigenvalue weighted by molar-refractivity contribution is 0.283. The van der Waals surface area contributed by atoms with E-state index in [0.29, 0.717) is 0 Å². The highest BCUT2D eigenvalue weighted by atomic mass is 19.1. The third-order valence-corrected chi connectivity index (χ3v) is 4.41. The molecule has 1 aliphatic rings. The molecular weight excluding hydrogens is 284 g/mol. The maximum atomic E-state index is 13.9. The van der Waals surface area contributed by atoms with Gasteiger partial charge in [-0.1, -0.05) is 30.3 Å². The summed E-state index contributed by atoms with van der Waals surface area (Å²) >= 11 is 0. The van der Waals surface area contributed by atoms with Crippen LogP contribution >= 0.6 is 0 Å². The number of phenolic OH excluding ortho intramolecular Hbond substituents is 1. The molecule has 22 heavy (non-hydrogen) atoms. The standard InChI is InChI=1S/C18H19F2NO/c1-21(11-14-15(19)7-8-16(22)17(14)20)12-18(9-10-18)13-5-3-2-4-6-13/h2-8,22H,9-12H2,1H3. The summed E-state index contributed by atoms with van der Waals surface area (Å²) in [5.41, 5.74) is 1.30. The number of aromatic hydroxyl groups is 1. The van der Waals surface area contributed by atoms with Crippen LogP contribution in [-0.2, 0) is 12.0 Å². The Bertz CT molecular complexity index is 668. The van der Waals surface area contributed by atoms with E-state index in [1.165, 1.54) is 5.56 Å². The van der Waals surface area contributed by atoms with Crippen LogP contribution in [0.4, 0.5) is 8.78 Å². The summed E-state index contributed by atoms with van der Waals surface area (Å²) in [5, 5.41) is 9.40. The summed E-state index contributed by atoms with van der Waals surface area (Å²) in [7, 11) is 1.85. The van der Waals surface area contributed by atoms with E-state index in [9.17, 15) is 13.9 Å². The molecule has 2 aromatic carbocycles. The third kappa shape index (κ3) is 2.83. The van der Waals surface area contributed by atoms with Gasteiger partial charge in [0.1, 0.15) is 5.82 Å². The molecule has 3 rings (SSSR count). The van der Waals surface area contributed by atoms with Crippen LogP contribution in [0, 0.1) is 11.6 Å². The molecule has 0 aromatic heterocycles. The van der Waals surface area contributed by atoms with Gasteiger partial charge in [0.05, 0.1) is 0 Å².